The molecule has 2 aromatic rings. The molecular weight excluding hydrogens is 1030 g/mol. The van der Waals surface area contributed by atoms with E-state index in [2.05, 4.69) is 90.3 Å². The zero-order chi connectivity index (χ0) is 58.9. The van der Waals surface area contributed by atoms with Crippen LogP contribution in [-0.2, 0) is 27.3 Å². The number of hydrogen-bond donors (Lipinski definition) is 7. The van der Waals surface area contributed by atoms with Crippen LogP contribution in [-0.4, -0.2) is 81.6 Å². The number of anilines is 1. The first-order chi connectivity index (χ1) is 39.4. The van der Waals surface area contributed by atoms with Crippen LogP contribution in [0.15, 0.2) is 47.5 Å². The quantitative estimate of drug-likeness (QED) is 0.0754. The smallest absolute Gasteiger partial charge is 0.160 e. The van der Waals surface area contributed by atoms with Crippen LogP contribution < -0.4 is 16.4 Å². The third-order valence-electron chi connectivity index (χ3n) is 26.5. The summed E-state index contributed by atoms with van der Waals surface area (Å²) in [5.74, 6) is 3.01. The highest BCUT2D eigenvalue weighted by Gasteiger charge is 2.76. The van der Waals surface area contributed by atoms with Crippen LogP contribution in [0, 0.1) is 92.7 Å². The van der Waals surface area contributed by atoms with Gasteiger partial charge in [0.2, 0.25) is 0 Å². The summed E-state index contributed by atoms with van der Waals surface area (Å²) in [5, 5.41) is 57.5. The molecule has 8 aliphatic carbocycles. The van der Waals surface area contributed by atoms with Gasteiger partial charge in [-0.15, -0.1) is 0 Å². The van der Waals surface area contributed by atoms with Crippen LogP contribution in [0.2, 0.25) is 0 Å². The summed E-state index contributed by atoms with van der Waals surface area (Å²) in [6.07, 6.45) is 18.3. The molecule has 0 aromatic heterocycles. The summed E-state index contributed by atoms with van der Waals surface area (Å²) in [4.78, 5) is 32.5. The highest BCUT2D eigenvalue weighted by Crippen LogP contribution is 2.79. The Balaban J connectivity index is 1.01. The number of aromatic hydroxyl groups is 1. The number of hydrogen-bond acceptors (Lipinski definition) is 10. The fourth-order valence-electron chi connectivity index (χ4n) is 23.5. The number of ketones is 2. The monoisotopic (exact) mass is 1140 g/mol. The van der Waals surface area contributed by atoms with Crippen molar-refractivity contribution in [3.8, 4) is 5.75 Å². The molecule has 2 aromatic carbocycles. The molecule has 0 radical (unpaired) electrons. The Kier molecular flexibility index (Phi) is 16.1. The number of phenols is 1. The third-order valence-corrected chi connectivity index (χ3v) is 26.5. The number of phenolic OH excluding ortho intramolecular Hbond substituents is 1. The molecule has 458 valence electrons. The second kappa shape index (κ2) is 22.2. The molecule has 1 spiro atoms. The number of aliphatic hydroxyl groups excluding tert-OH is 2. The lowest BCUT2D eigenvalue weighted by molar-refractivity contribution is -0.233. The van der Waals surface area contributed by atoms with Gasteiger partial charge in [-0.1, -0.05) is 111 Å². The van der Waals surface area contributed by atoms with Crippen LogP contribution >= 0.6 is 0 Å². The van der Waals surface area contributed by atoms with Crippen molar-refractivity contribution in [2.75, 3.05) is 25.9 Å². The Morgan fingerprint density at radius 2 is 1.58 bits per heavy atom. The number of aliphatic hydroxyl groups is 3. The van der Waals surface area contributed by atoms with E-state index < -0.39 is 44.9 Å². The van der Waals surface area contributed by atoms with E-state index in [0.29, 0.717) is 61.9 Å². The molecule has 83 heavy (non-hydrogen) atoms. The maximum Gasteiger partial charge on any atom is 0.160 e. The molecule has 0 unspecified atom stereocenters. The van der Waals surface area contributed by atoms with Crippen molar-refractivity contribution in [1.82, 2.24) is 10.6 Å². The first-order valence-electron chi connectivity index (χ1n) is 34.0. The molecule has 0 amide bonds. The number of ether oxygens (including phenoxy) is 1. The molecule has 4 bridgehead atoms. The van der Waals surface area contributed by atoms with Crippen molar-refractivity contribution in [2.45, 2.75) is 245 Å². The van der Waals surface area contributed by atoms with Gasteiger partial charge in [-0.25, -0.2) is 0 Å². The topological polar surface area (TPSA) is 178 Å². The molecule has 2 heterocycles. The molecule has 10 heteroatoms. The van der Waals surface area contributed by atoms with Crippen molar-refractivity contribution < 1.29 is 34.8 Å². The highest BCUT2D eigenvalue weighted by atomic mass is 16.6. The zero-order valence-corrected chi connectivity index (χ0v) is 52.8. The number of benzene rings is 2. The van der Waals surface area contributed by atoms with Gasteiger partial charge in [0.15, 0.2) is 5.78 Å². The number of fused-ring (bicyclic) bond motifs is 2. The number of carbonyl (C=O) groups is 2. The molecular formula is C73H109N3O7. The second-order valence-corrected chi connectivity index (χ2v) is 32.4. The van der Waals surface area contributed by atoms with E-state index in [1.165, 1.54) is 29.5 Å². The molecule has 2 aliphatic heterocycles. The fourth-order valence-corrected chi connectivity index (χ4v) is 23.5. The third kappa shape index (κ3) is 9.91. The summed E-state index contributed by atoms with van der Waals surface area (Å²) >= 11 is 0. The number of epoxide rings is 1. The minimum atomic E-state index is -0.939. The minimum Gasteiger partial charge on any atom is -0.508 e. The van der Waals surface area contributed by atoms with Crippen LogP contribution in [0.4, 0.5) is 5.69 Å². The number of nitrogens with two attached hydrogens (primary N) is 1. The first kappa shape index (κ1) is 60.2. The summed E-state index contributed by atoms with van der Waals surface area (Å²) in [6.45, 7) is 21.9. The fraction of sp³-hybridized carbons (Fsp3) is 0.781. The number of nitrogens with one attached hydrogen (secondary N) is 2. The van der Waals surface area contributed by atoms with Crippen molar-refractivity contribution in [3.05, 3.63) is 69.8 Å². The maximum absolute atomic E-state index is 16.4. The van der Waals surface area contributed by atoms with Gasteiger partial charge < -0.3 is 41.5 Å². The Hall–Kier alpha value is -3.12. The van der Waals surface area contributed by atoms with E-state index in [1.807, 2.05) is 26.1 Å². The Morgan fingerprint density at radius 3 is 2.33 bits per heavy atom. The van der Waals surface area contributed by atoms with E-state index in [0.717, 1.165) is 125 Å². The van der Waals surface area contributed by atoms with E-state index in [1.54, 1.807) is 0 Å². The van der Waals surface area contributed by atoms with E-state index >= 15 is 9.59 Å². The standard InChI is InChI=1S/C73H109N3O7/c1-41(2)19-20-46-32-47-16-13-15-45-21-22-53(64(80)67-72(9,83-67)55-18-14-17-52(55)48-28-43(27-42(3)4)30-50(74)33-48)62(61(45)47)63-56-23-24-60-70(7)35-54(49-29-44(38-75-10)31-51(78)34-49)66(81)69(6)26-12-11-25-68(5,82)40-76-58(65(69)70)36-73(60,57(46)39-77)71(56,8)37-59(63)79/h28-31,33-34,41-42,45-47,52-55,57-58,60-62,64-65,67,75-78,80,82H,11-27,32,35-40,74H2,1-10H3/t45-,46-,47-,52+,53+,54-,55-,57+,58-,60+,61+,62-,64+,65-,67+,68+,69+,70-,71-,72+,73+/m0/s1. The van der Waals surface area contributed by atoms with Gasteiger partial charge in [0.05, 0.1) is 17.3 Å². The second-order valence-electron chi connectivity index (χ2n) is 32.4. The molecule has 12 rings (SSSR count). The van der Waals surface area contributed by atoms with E-state index in [-0.39, 0.29) is 83.4 Å². The lowest BCUT2D eigenvalue weighted by Gasteiger charge is -2.74. The predicted molar refractivity (Wildman–Crippen MR) is 330 cm³/mol. The van der Waals surface area contributed by atoms with Crippen LogP contribution in [0.5, 0.6) is 5.75 Å². The minimum absolute atomic E-state index is 0.0519. The van der Waals surface area contributed by atoms with Gasteiger partial charge in [0.25, 0.3) is 0 Å². The lowest BCUT2D eigenvalue weighted by atomic mass is 9.30. The maximum atomic E-state index is 16.4. The van der Waals surface area contributed by atoms with Crippen molar-refractivity contribution in [1.29, 1.82) is 0 Å². The van der Waals surface area contributed by atoms with Crippen molar-refractivity contribution >= 4 is 17.3 Å². The first-order valence-corrected chi connectivity index (χ1v) is 34.0. The van der Waals surface area contributed by atoms with Crippen molar-refractivity contribution in [2.24, 2.45) is 92.7 Å². The normalized spacial score (nSPS) is 44.5. The van der Waals surface area contributed by atoms with Gasteiger partial charge in [0, 0.05) is 54.6 Å². The van der Waals surface area contributed by atoms with E-state index in [4.69, 9.17) is 10.5 Å². The molecule has 10 aliphatic rings. The number of nitrogen functional groups attached to an aromatic ring is 1. The van der Waals surface area contributed by atoms with Crippen LogP contribution in [0.3, 0.4) is 0 Å². The summed E-state index contributed by atoms with van der Waals surface area (Å²) in [5.41, 5.74) is 10.7. The molecule has 2 saturated heterocycles. The average molecular weight is 1140 g/mol. The number of allylic oxidation sites excluding steroid dienone is 2. The lowest BCUT2D eigenvalue weighted by Crippen LogP contribution is -2.73. The van der Waals surface area contributed by atoms with Gasteiger partial charge in [-0.05, 0) is 244 Å². The summed E-state index contributed by atoms with van der Waals surface area (Å²) in [6, 6.07) is 12.4. The highest BCUT2D eigenvalue weighted by molar-refractivity contribution is 6.01. The average Bonchev–Trinajstić information content (AvgIpc) is 1.64. The Bertz CT molecular complexity index is 2810. The predicted octanol–water partition coefficient (Wildman–Crippen LogP) is 13.2. The number of Topliss-reactive ketones (excluding diaryl/α,β-unsaturated/α-hetero) is 2. The number of carbonyl (C=O) groups excluding carboxylic acids is 2. The van der Waals surface area contributed by atoms with Gasteiger partial charge in [-0.2, -0.15) is 0 Å². The SMILES string of the molecule is CNCc1cc(O)cc([C@@H]2C[C@@]3(C)[C@H]4CCC5=C6C(=O)C[C@]5(C)[C@]4(C[C@@H]4NC[C@](C)(O)CCCC[C@@](C)(C2=O)[C@H]43)[C@H](CO)[C@@H](CCC(C)C)C[C@@H]2CCC[C@H]3CC[C@@H]([C@@H](O)[C@H]4O[C@]4(C)[C@H]4CCC[C@@H]4c4cc(N)cc(CC(C)C)c4)[C@H]6[C@H]32)c1. The summed E-state index contributed by atoms with van der Waals surface area (Å²) in [7, 11) is 1.92. The Labute approximate surface area is 499 Å². The molecule has 21 atom stereocenters. The molecule has 10 nitrogen and oxygen atoms in total. The largest absolute Gasteiger partial charge is 0.508 e. The molecule has 6 saturated carbocycles. The van der Waals surface area contributed by atoms with Gasteiger partial charge in [0.1, 0.15) is 17.6 Å². The number of β-amino-alcohol motifs (C(OH)–C–C–N with tert-alkyl or cyclic N) is 1. The van der Waals surface area contributed by atoms with Crippen LogP contribution in [0.1, 0.15) is 225 Å². The van der Waals surface area contributed by atoms with Gasteiger partial charge >= 0.3 is 0 Å². The van der Waals surface area contributed by atoms with Crippen LogP contribution in [0.25, 0.3) is 0 Å². The number of rotatable bonds is 13. The molecule has 8 fully saturated rings. The van der Waals surface area contributed by atoms with Crippen molar-refractivity contribution in [3.63, 3.8) is 0 Å². The van der Waals surface area contributed by atoms with Gasteiger partial charge in [-0.3, -0.25) is 9.59 Å². The Morgan fingerprint density at radius 1 is 0.831 bits per heavy atom. The zero-order valence-electron chi connectivity index (χ0n) is 52.8. The molecule has 8 N–H and O–H groups in total. The van der Waals surface area contributed by atoms with E-state index in [9.17, 15) is 20.4 Å². The summed E-state index contributed by atoms with van der Waals surface area (Å²) < 4.78 is 7.09.